The summed E-state index contributed by atoms with van der Waals surface area (Å²) in [6.45, 7) is 3.39. The van der Waals surface area contributed by atoms with Gasteiger partial charge in [0.1, 0.15) is 5.56 Å². The summed E-state index contributed by atoms with van der Waals surface area (Å²) in [5.74, 6) is -0.188. The molecule has 0 bridgehead atoms. The molecule has 0 amide bonds. The minimum Gasteiger partial charge on any atom is -0.444 e. The van der Waals surface area contributed by atoms with Crippen LogP contribution in [-0.2, 0) is 4.74 Å². The van der Waals surface area contributed by atoms with E-state index in [1.54, 1.807) is 44.2 Å². The number of benzene rings is 1. The van der Waals surface area contributed by atoms with E-state index in [4.69, 9.17) is 9.26 Å². The van der Waals surface area contributed by atoms with Gasteiger partial charge < -0.3 is 14.2 Å². The summed E-state index contributed by atoms with van der Waals surface area (Å²) in [5, 5.41) is 3.73. The number of carbonyl (C=O) groups is 1. The van der Waals surface area contributed by atoms with E-state index >= 15 is 0 Å². The minimum atomic E-state index is -0.888. The average Bonchev–Trinajstić information content (AvgIpc) is 2.99. The number of carbonyl (C=O) groups excluding carboxylic acids is 1. The third-order valence-electron chi connectivity index (χ3n) is 3.37. The van der Waals surface area contributed by atoms with Crippen molar-refractivity contribution in [1.82, 2.24) is 15.1 Å². The van der Waals surface area contributed by atoms with Crippen LogP contribution >= 0.6 is 0 Å². The molecule has 7 nitrogen and oxygen atoms in total. The lowest BCUT2D eigenvalue weighted by molar-refractivity contribution is 0.0312. The lowest BCUT2D eigenvalue weighted by atomic mass is 10.1. The molecule has 0 aliphatic rings. The number of H-pyrrole nitrogens is 1. The van der Waals surface area contributed by atoms with E-state index in [1.165, 1.54) is 6.07 Å². The molecule has 0 aliphatic heterocycles. The summed E-state index contributed by atoms with van der Waals surface area (Å²) in [7, 11) is 0. The van der Waals surface area contributed by atoms with Gasteiger partial charge in [-0.1, -0.05) is 35.5 Å². The minimum absolute atomic E-state index is 0.0854. The first kappa shape index (κ1) is 15.7. The van der Waals surface area contributed by atoms with Crippen LogP contribution < -0.4 is 5.56 Å². The quantitative estimate of drug-likeness (QED) is 0.739. The molecule has 0 aliphatic carbocycles. The number of nitrogens with one attached hydrogen (secondary N) is 1. The molecule has 7 heteroatoms. The highest BCUT2D eigenvalue weighted by Gasteiger charge is 2.26. The molecule has 0 fully saturated rings. The van der Waals surface area contributed by atoms with Gasteiger partial charge >= 0.3 is 5.97 Å². The number of hydrogen-bond donors (Lipinski definition) is 1. The highest BCUT2D eigenvalue weighted by Crippen LogP contribution is 2.25. The molecule has 24 heavy (non-hydrogen) atoms. The maximum Gasteiger partial charge on any atom is 0.344 e. The van der Waals surface area contributed by atoms with E-state index in [9.17, 15) is 9.59 Å². The number of aryl methyl sites for hydroxylation is 2. The van der Waals surface area contributed by atoms with Crippen molar-refractivity contribution in [3.8, 4) is 0 Å². The van der Waals surface area contributed by atoms with Crippen LogP contribution in [0.1, 0.15) is 39.4 Å². The Morgan fingerprint density at radius 1 is 1.17 bits per heavy atom. The second-order valence-corrected chi connectivity index (χ2v) is 5.26. The van der Waals surface area contributed by atoms with Gasteiger partial charge in [0.25, 0.3) is 11.4 Å². The maximum absolute atomic E-state index is 12.4. The Hall–Kier alpha value is -3.22. The van der Waals surface area contributed by atoms with Crippen molar-refractivity contribution in [1.29, 1.82) is 0 Å². The number of pyridine rings is 1. The van der Waals surface area contributed by atoms with Crippen molar-refractivity contribution < 1.29 is 14.1 Å². The summed E-state index contributed by atoms with van der Waals surface area (Å²) in [6, 6.07) is 12.1. The average molecular weight is 325 g/mol. The topological polar surface area (TPSA) is 98.1 Å². The van der Waals surface area contributed by atoms with Crippen LogP contribution in [0.4, 0.5) is 0 Å². The summed E-state index contributed by atoms with van der Waals surface area (Å²) in [6.07, 6.45) is -0.888. The third-order valence-corrected chi connectivity index (χ3v) is 3.37. The molecule has 1 N–H and O–H groups in total. The lowest BCUT2D eigenvalue weighted by Crippen LogP contribution is -2.22. The number of hydrogen-bond acceptors (Lipinski definition) is 6. The Bertz CT molecular complexity index is 915. The van der Waals surface area contributed by atoms with Crippen molar-refractivity contribution in [2.24, 2.45) is 0 Å². The van der Waals surface area contributed by atoms with Gasteiger partial charge in [0.15, 0.2) is 5.82 Å². The summed E-state index contributed by atoms with van der Waals surface area (Å²) in [5.41, 5.74) is 0.730. The molecule has 0 saturated carbocycles. The molecule has 1 unspecified atom stereocenters. The molecule has 122 valence electrons. The van der Waals surface area contributed by atoms with Crippen molar-refractivity contribution in [3.63, 3.8) is 0 Å². The van der Waals surface area contributed by atoms with Gasteiger partial charge in [0, 0.05) is 11.3 Å². The van der Waals surface area contributed by atoms with Gasteiger partial charge in [-0.2, -0.15) is 4.98 Å². The number of nitrogens with zero attached hydrogens (tertiary/aromatic N) is 2. The van der Waals surface area contributed by atoms with E-state index in [0.717, 1.165) is 0 Å². The molecule has 0 spiro atoms. The van der Waals surface area contributed by atoms with Crippen LogP contribution in [0.25, 0.3) is 0 Å². The van der Waals surface area contributed by atoms with Gasteiger partial charge in [-0.3, -0.25) is 4.79 Å². The zero-order chi connectivity index (χ0) is 17.1. The summed E-state index contributed by atoms with van der Waals surface area (Å²) in [4.78, 5) is 31.0. The molecule has 0 radical (unpaired) electrons. The van der Waals surface area contributed by atoms with Crippen molar-refractivity contribution in [2.45, 2.75) is 20.0 Å². The normalized spacial score (nSPS) is 11.9. The summed E-state index contributed by atoms with van der Waals surface area (Å²) < 4.78 is 10.6. The van der Waals surface area contributed by atoms with E-state index < -0.39 is 17.6 Å². The van der Waals surface area contributed by atoms with Crippen LogP contribution in [0.15, 0.2) is 51.8 Å². The largest absolute Gasteiger partial charge is 0.444 e. The number of aromatic amines is 1. The van der Waals surface area contributed by atoms with Crippen LogP contribution in [0.3, 0.4) is 0 Å². The molecular weight excluding hydrogens is 310 g/mol. The third kappa shape index (κ3) is 3.24. The second-order valence-electron chi connectivity index (χ2n) is 5.26. The second kappa shape index (κ2) is 6.49. The van der Waals surface area contributed by atoms with Crippen LogP contribution in [-0.4, -0.2) is 21.1 Å². The smallest absolute Gasteiger partial charge is 0.344 e. The fraction of sp³-hybridized carbons (Fsp3) is 0.176. The van der Waals surface area contributed by atoms with Gasteiger partial charge in [-0.05, 0) is 26.0 Å². The number of rotatable bonds is 4. The Balaban J connectivity index is 1.95. The first-order valence-electron chi connectivity index (χ1n) is 7.30. The predicted octanol–water partition coefficient (Wildman–Crippen LogP) is 2.32. The van der Waals surface area contributed by atoms with E-state index in [2.05, 4.69) is 15.1 Å². The van der Waals surface area contributed by atoms with Gasteiger partial charge in [0.2, 0.25) is 6.10 Å². The zero-order valence-corrected chi connectivity index (χ0v) is 13.1. The molecular formula is C17H15N3O4. The van der Waals surface area contributed by atoms with E-state index in [1.807, 2.05) is 6.07 Å². The standard InChI is InChI=1S/C17H15N3O4/c1-10-8-9-13(15(21)18-10)17(22)23-14(12-6-4-3-5-7-12)16-19-11(2)20-24-16/h3-9,14H,1-2H3,(H,18,21). The Morgan fingerprint density at radius 3 is 2.54 bits per heavy atom. The van der Waals surface area contributed by atoms with Crippen molar-refractivity contribution in [2.75, 3.05) is 0 Å². The van der Waals surface area contributed by atoms with Crippen molar-refractivity contribution in [3.05, 3.63) is 81.4 Å². The lowest BCUT2D eigenvalue weighted by Gasteiger charge is -2.14. The Kier molecular flexibility index (Phi) is 4.24. The molecule has 0 saturated heterocycles. The van der Waals surface area contributed by atoms with Crippen molar-refractivity contribution >= 4 is 5.97 Å². The van der Waals surface area contributed by atoms with E-state index in [-0.39, 0.29) is 11.5 Å². The Morgan fingerprint density at radius 2 is 1.92 bits per heavy atom. The molecule has 2 heterocycles. The van der Waals surface area contributed by atoms with Crippen LogP contribution in [0.2, 0.25) is 0 Å². The van der Waals surface area contributed by atoms with Gasteiger partial charge in [0.05, 0.1) is 0 Å². The number of aromatic nitrogens is 3. The number of esters is 1. The number of ether oxygens (including phenoxy) is 1. The first-order chi connectivity index (χ1) is 11.5. The molecule has 3 rings (SSSR count). The molecule has 1 atom stereocenters. The zero-order valence-electron chi connectivity index (χ0n) is 13.1. The highest BCUT2D eigenvalue weighted by molar-refractivity contribution is 5.89. The van der Waals surface area contributed by atoms with Gasteiger partial charge in [-0.15, -0.1) is 0 Å². The predicted molar refractivity (Wildman–Crippen MR) is 84.5 cm³/mol. The van der Waals surface area contributed by atoms with Crippen LogP contribution in [0, 0.1) is 13.8 Å². The van der Waals surface area contributed by atoms with E-state index in [0.29, 0.717) is 17.1 Å². The first-order valence-corrected chi connectivity index (χ1v) is 7.30. The van der Waals surface area contributed by atoms with Gasteiger partial charge in [-0.25, -0.2) is 4.79 Å². The maximum atomic E-state index is 12.4. The molecule has 3 aromatic rings. The summed E-state index contributed by atoms with van der Waals surface area (Å²) >= 11 is 0. The van der Waals surface area contributed by atoms with Crippen LogP contribution in [0.5, 0.6) is 0 Å². The Labute approximate surface area is 137 Å². The fourth-order valence-corrected chi connectivity index (χ4v) is 2.21. The molecule has 1 aromatic carbocycles. The molecule has 2 aromatic heterocycles. The SMILES string of the molecule is Cc1noc(C(OC(=O)c2ccc(C)[nH]c2=O)c2ccccc2)n1. The highest BCUT2D eigenvalue weighted by atomic mass is 16.6. The fourth-order valence-electron chi connectivity index (χ4n) is 2.21. The monoisotopic (exact) mass is 325 g/mol.